The van der Waals surface area contributed by atoms with Gasteiger partial charge in [0.15, 0.2) is 0 Å². The van der Waals surface area contributed by atoms with E-state index in [0.717, 1.165) is 12.8 Å². The number of aliphatic hydroxyl groups excluding tert-OH is 1. The molecule has 0 aliphatic carbocycles. The zero-order valence-corrected chi connectivity index (χ0v) is 7.24. The van der Waals surface area contributed by atoms with Gasteiger partial charge in [0.05, 0.1) is 5.44 Å². The first-order valence-electron chi connectivity index (χ1n) is 3.50. The van der Waals surface area contributed by atoms with Gasteiger partial charge in [0.25, 0.3) is 0 Å². The highest BCUT2D eigenvalue weighted by molar-refractivity contribution is 8.00. The lowest BCUT2D eigenvalue weighted by atomic mass is 10.4. The second kappa shape index (κ2) is 5.12. The van der Waals surface area contributed by atoms with Crippen LogP contribution in [0.25, 0.3) is 0 Å². The highest BCUT2D eigenvalue weighted by atomic mass is 32.2. The fourth-order valence-corrected chi connectivity index (χ4v) is 1.63. The van der Waals surface area contributed by atoms with Crippen LogP contribution in [-0.4, -0.2) is 15.8 Å². The van der Waals surface area contributed by atoms with Gasteiger partial charge in [-0.2, -0.15) is 0 Å². The average Bonchev–Trinajstić information content (AvgIpc) is 1.63. The Hall–Kier alpha value is 0.310. The standard InChI is InChI=1S/C7H16OS/c1-4-5-7(8)9-6(2)3/h6-8H,4-5H2,1-3H3. The third-order valence-corrected chi connectivity index (χ3v) is 2.06. The Kier molecular flexibility index (Phi) is 5.30. The Morgan fingerprint density at radius 2 is 2.00 bits per heavy atom. The zero-order valence-electron chi connectivity index (χ0n) is 6.42. The summed E-state index contributed by atoms with van der Waals surface area (Å²) in [4.78, 5) is 0. The molecule has 1 nitrogen and oxygen atoms in total. The summed E-state index contributed by atoms with van der Waals surface area (Å²) in [5.74, 6) is 0. The lowest BCUT2D eigenvalue weighted by Crippen LogP contribution is -2.03. The molecule has 0 aromatic rings. The van der Waals surface area contributed by atoms with Crippen LogP contribution in [0.3, 0.4) is 0 Å². The van der Waals surface area contributed by atoms with Crippen LogP contribution >= 0.6 is 11.8 Å². The summed E-state index contributed by atoms with van der Waals surface area (Å²) in [6.45, 7) is 6.29. The normalized spacial score (nSPS) is 14.3. The molecule has 0 radical (unpaired) electrons. The monoisotopic (exact) mass is 148 g/mol. The first-order valence-corrected chi connectivity index (χ1v) is 4.44. The molecule has 56 valence electrons. The van der Waals surface area contributed by atoms with Crippen molar-refractivity contribution in [2.24, 2.45) is 0 Å². The molecule has 0 aromatic heterocycles. The van der Waals surface area contributed by atoms with E-state index in [4.69, 9.17) is 0 Å². The fraction of sp³-hybridized carbons (Fsp3) is 1.00. The summed E-state index contributed by atoms with van der Waals surface area (Å²) >= 11 is 1.63. The van der Waals surface area contributed by atoms with Crippen molar-refractivity contribution in [3.8, 4) is 0 Å². The molecule has 0 saturated carbocycles. The first-order chi connectivity index (χ1) is 4.16. The molecule has 1 N–H and O–H groups in total. The molecule has 0 rings (SSSR count). The topological polar surface area (TPSA) is 20.2 Å². The molecule has 9 heavy (non-hydrogen) atoms. The fourth-order valence-electron chi connectivity index (χ4n) is 0.629. The van der Waals surface area contributed by atoms with Gasteiger partial charge in [-0.3, -0.25) is 0 Å². The van der Waals surface area contributed by atoms with Crippen LogP contribution in [-0.2, 0) is 0 Å². The molecule has 1 unspecified atom stereocenters. The summed E-state index contributed by atoms with van der Waals surface area (Å²) in [6, 6.07) is 0. The van der Waals surface area contributed by atoms with Crippen LogP contribution < -0.4 is 0 Å². The van der Waals surface area contributed by atoms with Gasteiger partial charge < -0.3 is 5.11 Å². The molecule has 0 aromatic carbocycles. The van der Waals surface area contributed by atoms with E-state index < -0.39 is 0 Å². The van der Waals surface area contributed by atoms with Crippen molar-refractivity contribution in [2.75, 3.05) is 0 Å². The Labute approximate surface area is 61.8 Å². The van der Waals surface area contributed by atoms with Crippen molar-refractivity contribution in [1.82, 2.24) is 0 Å². The summed E-state index contributed by atoms with van der Waals surface area (Å²) in [7, 11) is 0. The smallest absolute Gasteiger partial charge is 0.0995 e. The molecule has 2 heteroatoms. The second-order valence-electron chi connectivity index (χ2n) is 2.43. The number of hydrogen-bond donors (Lipinski definition) is 1. The van der Waals surface area contributed by atoms with E-state index in [0.29, 0.717) is 5.25 Å². The molecule has 0 heterocycles. The van der Waals surface area contributed by atoms with E-state index in [2.05, 4.69) is 20.8 Å². The lowest BCUT2D eigenvalue weighted by molar-refractivity contribution is 0.251. The van der Waals surface area contributed by atoms with Gasteiger partial charge in [0, 0.05) is 5.25 Å². The van der Waals surface area contributed by atoms with Gasteiger partial charge >= 0.3 is 0 Å². The van der Waals surface area contributed by atoms with Crippen LogP contribution in [0.1, 0.15) is 33.6 Å². The molecule has 0 bridgehead atoms. The molecule has 0 saturated heterocycles. The number of hydrogen-bond acceptors (Lipinski definition) is 2. The Bertz CT molecular complexity index is 63.9. The number of rotatable bonds is 4. The molecule has 1 atom stereocenters. The van der Waals surface area contributed by atoms with E-state index >= 15 is 0 Å². The van der Waals surface area contributed by atoms with E-state index in [1.165, 1.54) is 0 Å². The van der Waals surface area contributed by atoms with Gasteiger partial charge in [-0.25, -0.2) is 0 Å². The first kappa shape index (κ1) is 9.31. The summed E-state index contributed by atoms with van der Waals surface area (Å²) in [5, 5.41) is 9.73. The van der Waals surface area contributed by atoms with E-state index in [9.17, 15) is 5.11 Å². The van der Waals surface area contributed by atoms with Crippen LogP contribution in [0.15, 0.2) is 0 Å². The number of thioether (sulfide) groups is 1. The van der Waals surface area contributed by atoms with Crippen molar-refractivity contribution in [3.63, 3.8) is 0 Å². The van der Waals surface area contributed by atoms with Crippen molar-refractivity contribution < 1.29 is 5.11 Å². The van der Waals surface area contributed by atoms with Crippen LogP contribution in [0.2, 0.25) is 0 Å². The van der Waals surface area contributed by atoms with E-state index in [1.54, 1.807) is 11.8 Å². The highest BCUT2D eigenvalue weighted by Gasteiger charge is 2.04. The van der Waals surface area contributed by atoms with Crippen molar-refractivity contribution >= 4 is 11.8 Å². The van der Waals surface area contributed by atoms with Crippen LogP contribution in [0, 0.1) is 0 Å². The zero-order chi connectivity index (χ0) is 7.28. The molecule has 0 amide bonds. The van der Waals surface area contributed by atoms with E-state index in [-0.39, 0.29) is 5.44 Å². The minimum Gasteiger partial charge on any atom is -0.382 e. The van der Waals surface area contributed by atoms with Crippen molar-refractivity contribution in [1.29, 1.82) is 0 Å². The molecule has 0 spiro atoms. The van der Waals surface area contributed by atoms with Crippen LogP contribution in [0.4, 0.5) is 0 Å². The van der Waals surface area contributed by atoms with Crippen molar-refractivity contribution in [3.05, 3.63) is 0 Å². The Balaban J connectivity index is 3.15. The minimum atomic E-state index is -0.144. The van der Waals surface area contributed by atoms with Crippen molar-refractivity contribution in [2.45, 2.75) is 44.3 Å². The van der Waals surface area contributed by atoms with Gasteiger partial charge in [0.2, 0.25) is 0 Å². The molecule has 0 fully saturated rings. The summed E-state index contributed by atoms with van der Waals surface area (Å²) in [6.07, 6.45) is 1.99. The largest absolute Gasteiger partial charge is 0.382 e. The SMILES string of the molecule is CCCC(O)SC(C)C. The molecular formula is C7H16OS. The summed E-state index contributed by atoms with van der Waals surface area (Å²) in [5.41, 5.74) is -0.144. The Morgan fingerprint density at radius 3 is 2.33 bits per heavy atom. The molecule has 0 aliphatic rings. The maximum absolute atomic E-state index is 9.18. The molecule has 0 aliphatic heterocycles. The maximum Gasteiger partial charge on any atom is 0.0995 e. The number of aliphatic hydroxyl groups is 1. The minimum absolute atomic E-state index is 0.144. The summed E-state index contributed by atoms with van der Waals surface area (Å²) < 4.78 is 0. The van der Waals surface area contributed by atoms with Gasteiger partial charge in [-0.15, -0.1) is 11.8 Å². The molecular weight excluding hydrogens is 132 g/mol. The lowest BCUT2D eigenvalue weighted by Gasteiger charge is -2.10. The maximum atomic E-state index is 9.18. The Morgan fingerprint density at radius 1 is 1.44 bits per heavy atom. The highest BCUT2D eigenvalue weighted by Crippen LogP contribution is 2.18. The second-order valence-corrected chi connectivity index (χ2v) is 4.19. The van der Waals surface area contributed by atoms with Gasteiger partial charge in [-0.05, 0) is 6.42 Å². The van der Waals surface area contributed by atoms with Gasteiger partial charge in [0.1, 0.15) is 0 Å². The van der Waals surface area contributed by atoms with Crippen LogP contribution in [0.5, 0.6) is 0 Å². The third-order valence-electron chi connectivity index (χ3n) is 0.965. The average molecular weight is 148 g/mol. The third kappa shape index (κ3) is 6.19. The quantitative estimate of drug-likeness (QED) is 0.617. The predicted octanol–water partition coefficient (Wildman–Crippen LogP) is 2.25. The van der Waals surface area contributed by atoms with Gasteiger partial charge in [-0.1, -0.05) is 27.2 Å². The predicted molar refractivity (Wildman–Crippen MR) is 43.6 cm³/mol. The van der Waals surface area contributed by atoms with E-state index in [1.807, 2.05) is 0 Å².